The Morgan fingerprint density at radius 2 is 2.11 bits per heavy atom. The number of nitrogens with zero attached hydrogens (tertiary/aromatic N) is 4. The van der Waals surface area contributed by atoms with Crippen LogP contribution in [0.3, 0.4) is 0 Å². The Morgan fingerprint density at radius 1 is 1.33 bits per heavy atom. The summed E-state index contributed by atoms with van der Waals surface area (Å²) in [5.74, 6) is 0.171. The first-order chi connectivity index (χ1) is 8.83. The number of aromatic nitrogens is 2. The maximum Gasteiger partial charge on any atom is 0.244 e. The summed E-state index contributed by atoms with van der Waals surface area (Å²) in [6, 6.07) is 2.40. The molecule has 6 heteroatoms. The van der Waals surface area contributed by atoms with Crippen LogP contribution in [0.25, 0.3) is 0 Å². The van der Waals surface area contributed by atoms with Gasteiger partial charge in [0.15, 0.2) is 0 Å². The second-order valence-corrected chi connectivity index (χ2v) is 4.94. The number of carbonyl (C=O) groups is 1. The maximum absolute atomic E-state index is 12.0. The number of likely N-dealkylation sites (tertiary alicyclic amines) is 1. The van der Waals surface area contributed by atoms with Crippen molar-refractivity contribution >= 4 is 5.91 Å². The molecule has 0 aromatic carbocycles. The van der Waals surface area contributed by atoms with Crippen molar-refractivity contribution in [3.8, 4) is 0 Å². The van der Waals surface area contributed by atoms with E-state index in [1.807, 2.05) is 17.2 Å². The van der Waals surface area contributed by atoms with E-state index in [9.17, 15) is 4.79 Å². The summed E-state index contributed by atoms with van der Waals surface area (Å²) in [5.41, 5.74) is 0. The van der Waals surface area contributed by atoms with E-state index >= 15 is 0 Å². The number of rotatable bonds is 3. The van der Waals surface area contributed by atoms with Gasteiger partial charge in [-0.15, -0.1) is 0 Å². The molecule has 0 bridgehead atoms. The average Bonchev–Trinajstić information content (AvgIpc) is 2.81. The van der Waals surface area contributed by atoms with Gasteiger partial charge in [0.2, 0.25) is 5.91 Å². The summed E-state index contributed by atoms with van der Waals surface area (Å²) in [7, 11) is 0. The van der Waals surface area contributed by atoms with Crippen molar-refractivity contribution in [1.82, 2.24) is 24.9 Å². The lowest BCUT2D eigenvalue weighted by atomic mass is 10.1. The zero-order valence-electron chi connectivity index (χ0n) is 10.5. The van der Waals surface area contributed by atoms with E-state index in [4.69, 9.17) is 0 Å². The molecule has 0 atom stereocenters. The van der Waals surface area contributed by atoms with Gasteiger partial charge in [-0.2, -0.15) is 5.10 Å². The fourth-order valence-corrected chi connectivity index (χ4v) is 2.57. The maximum atomic E-state index is 12.0. The minimum Gasteiger partial charge on any atom is -0.338 e. The molecule has 6 nitrogen and oxygen atoms in total. The highest BCUT2D eigenvalue weighted by Crippen LogP contribution is 2.15. The Hall–Kier alpha value is -1.40. The Bertz CT molecular complexity index is 393. The molecule has 2 saturated heterocycles. The summed E-state index contributed by atoms with van der Waals surface area (Å²) in [6.45, 7) is 6.45. The van der Waals surface area contributed by atoms with Crippen LogP contribution in [-0.2, 0) is 11.3 Å². The van der Waals surface area contributed by atoms with Crippen molar-refractivity contribution in [1.29, 1.82) is 0 Å². The molecule has 1 amide bonds. The molecule has 1 aromatic rings. The number of amides is 1. The molecule has 98 valence electrons. The van der Waals surface area contributed by atoms with Crippen molar-refractivity contribution < 1.29 is 4.79 Å². The predicted molar refractivity (Wildman–Crippen MR) is 67.0 cm³/mol. The van der Waals surface area contributed by atoms with E-state index in [2.05, 4.69) is 15.3 Å². The molecule has 2 aliphatic heterocycles. The second kappa shape index (κ2) is 5.07. The normalized spacial score (nSPS) is 21.9. The van der Waals surface area contributed by atoms with Gasteiger partial charge < -0.3 is 10.2 Å². The molecule has 2 aliphatic rings. The number of nitrogens with one attached hydrogen (secondary N) is 1. The molecule has 1 N–H and O–H groups in total. The Balaban J connectivity index is 1.45. The van der Waals surface area contributed by atoms with Crippen LogP contribution < -0.4 is 5.32 Å². The molecule has 3 rings (SSSR count). The quantitative estimate of drug-likeness (QED) is 0.746. The first-order valence-electron chi connectivity index (χ1n) is 6.53. The van der Waals surface area contributed by atoms with Gasteiger partial charge in [-0.25, -0.2) is 0 Å². The van der Waals surface area contributed by atoms with Gasteiger partial charge in [-0.05, 0) is 6.07 Å². The molecule has 2 fully saturated rings. The number of hydrogen-bond acceptors (Lipinski definition) is 4. The molecule has 0 spiro atoms. The zero-order chi connectivity index (χ0) is 12.4. The van der Waals surface area contributed by atoms with Crippen LogP contribution in [0.2, 0.25) is 0 Å². The molecular formula is C12H19N5O. The molecular weight excluding hydrogens is 230 g/mol. The summed E-state index contributed by atoms with van der Waals surface area (Å²) < 4.78 is 1.68. The minimum atomic E-state index is 0.171. The van der Waals surface area contributed by atoms with Gasteiger partial charge in [-0.3, -0.25) is 14.4 Å². The molecule has 0 saturated carbocycles. The Kier molecular flexibility index (Phi) is 3.29. The van der Waals surface area contributed by atoms with Gasteiger partial charge >= 0.3 is 0 Å². The fraction of sp³-hybridized carbons (Fsp3) is 0.667. The third kappa shape index (κ3) is 2.39. The Labute approximate surface area is 107 Å². The third-order valence-corrected chi connectivity index (χ3v) is 3.74. The highest BCUT2D eigenvalue weighted by Gasteiger charge is 2.34. The smallest absolute Gasteiger partial charge is 0.244 e. The summed E-state index contributed by atoms with van der Waals surface area (Å²) in [5, 5.41) is 7.40. The number of piperazine rings is 1. The average molecular weight is 249 g/mol. The minimum absolute atomic E-state index is 0.171. The van der Waals surface area contributed by atoms with Crippen LogP contribution >= 0.6 is 0 Å². The topological polar surface area (TPSA) is 53.4 Å². The third-order valence-electron chi connectivity index (χ3n) is 3.74. The monoisotopic (exact) mass is 249 g/mol. The van der Waals surface area contributed by atoms with Crippen molar-refractivity contribution in [3.63, 3.8) is 0 Å². The van der Waals surface area contributed by atoms with E-state index < -0.39 is 0 Å². The summed E-state index contributed by atoms with van der Waals surface area (Å²) in [6.07, 6.45) is 3.53. The molecule has 1 aromatic heterocycles. The van der Waals surface area contributed by atoms with Gasteiger partial charge in [0.1, 0.15) is 6.54 Å². The zero-order valence-corrected chi connectivity index (χ0v) is 10.5. The molecule has 0 radical (unpaired) electrons. The van der Waals surface area contributed by atoms with Crippen LogP contribution in [0, 0.1) is 0 Å². The molecule has 3 heterocycles. The lowest BCUT2D eigenvalue weighted by molar-refractivity contribution is -0.139. The summed E-state index contributed by atoms with van der Waals surface area (Å²) >= 11 is 0. The lowest BCUT2D eigenvalue weighted by Crippen LogP contribution is -2.64. The van der Waals surface area contributed by atoms with Crippen LogP contribution in [0.4, 0.5) is 0 Å². The second-order valence-electron chi connectivity index (χ2n) is 4.94. The fourth-order valence-electron chi connectivity index (χ4n) is 2.57. The number of hydrogen-bond donors (Lipinski definition) is 1. The van der Waals surface area contributed by atoms with Gasteiger partial charge in [0, 0.05) is 57.7 Å². The van der Waals surface area contributed by atoms with E-state index in [1.54, 1.807) is 10.9 Å². The van der Waals surface area contributed by atoms with Crippen molar-refractivity contribution in [2.75, 3.05) is 39.3 Å². The standard InChI is InChI=1S/C12H19N5O/c18-12(10-17-5-1-2-14-17)16-8-11(9-16)15-6-3-13-4-7-15/h1-2,5,11,13H,3-4,6-10H2. The molecule has 0 unspecified atom stereocenters. The van der Waals surface area contributed by atoms with Gasteiger partial charge in [0.25, 0.3) is 0 Å². The van der Waals surface area contributed by atoms with E-state index in [1.165, 1.54) is 0 Å². The van der Waals surface area contributed by atoms with Gasteiger partial charge in [-0.1, -0.05) is 0 Å². The first-order valence-corrected chi connectivity index (χ1v) is 6.53. The first kappa shape index (κ1) is 11.7. The van der Waals surface area contributed by atoms with Gasteiger partial charge in [0.05, 0.1) is 0 Å². The SMILES string of the molecule is O=C(Cn1cccn1)N1CC(N2CCNCC2)C1. The predicted octanol–water partition coefficient (Wildman–Crippen LogP) is -1.00. The molecule has 0 aliphatic carbocycles. The van der Waals surface area contributed by atoms with E-state index in [0.717, 1.165) is 39.3 Å². The largest absolute Gasteiger partial charge is 0.338 e. The van der Waals surface area contributed by atoms with Crippen LogP contribution in [-0.4, -0.2) is 70.8 Å². The van der Waals surface area contributed by atoms with Crippen LogP contribution in [0.15, 0.2) is 18.5 Å². The summed E-state index contributed by atoms with van der Waals surface area (Å²) in [4.78, 5) is 16.4. The Morgan fingerprint density at radius 3 is 2.78 bits per heavy atom. The van der Waals surface area contributed by atoms with Crippen molar-refractivity contribution in [2.45, 2.75) is 12.6 Å². The van der Waals surface area contributed by atoms with Crippen LogP contribution in [0.1, 0.15) is 0 Å². The lowest BCUT2D eigenvalue weighted by Gasteiger charge is -2.46. The van der Waals surface area contributed by atoms with E-state index in [-0.39, 0.29) is 5.91 Å². The number of carbonyl (C=O) groups excluding carboxylic acids is 1. The molecule has 18 heavy (non-hydrogen) atoms. The van der Waals surface area contributed by atoms with Crippen molar-refractivity contribution in [3.05, 3.63) is 18.5 Å². The van der Waals surface area contributed by atoms with Crippen molar-refractivity contribution in [2.24, 2.45) is 0 Å². The van der Waals surface area contributed by atoms with Crippen LogP contribution in [0.5, 0.6) is 0 Å². The van der Waals surface area contributed by atoms with E-state index in [0.29, 0.717) is 12.6 Å². The highest BCUT2D eigenvalue weighted by molar-refractivity contribution is 5.76. The highest BCUT2D eigenvalue weighted by atomic mass is 16.2.